The van der Waals surface area contributed by atoms with E-state index in [-0.39, 0.29) is 18.0 Å². The zero-order chi connectivity index (χ0) is 19.3. The van der Waals surface area contributed by atoms with E-state index in [1.54, 1.807) is 44.2 Å². The van der Waals surface area contributed by atoms with Crippen molar-refractivity contribution in [3.8, 4) is 0 Å². The van der Waals surface area contributed by atoms with Gasteiger partial charge in [0, 0.05) is 16.9 Å². The number of nitrogens with one attached hydrogen (secondary N) is 2. The lowest BCUT2D eigenvalue weighted by Gasteiger charge is -2.27. The molecule has 7 heteroatoms. The number of hydrogen-bond donors (Lipinski definition) is 2. The molecule has 2 aromatic rings. The van der Waals surface area contributed by atoms with Crippen LogP contribution in [0.5, 0.6) is 0 Å². The van der Waals surface area contributed by atoms with Gasteiger partial charge in [-0.15, -0.1) is 0 Å². The van der Waals surface area contributed by atoms with Gasteiger partial charge in [-0.3, -0.25) is 14.6 Å². The quantitative estimate of drug-likeness (QED) is 0.804. The van der Waals surface area contributed by atoms with Crippen molar-refractivity contribution in [2.75, 3.05) is 5.32 Å². The first-order valence-electron chi connectivity index (χ1n) is 8.15. The number of anilines is 1. The van der Waals surface area contributed by atoms with E-state index in [1.165, 1.54) is 19.2 Å². The van der Waals surface area contributed by atoms with Crippen molar-refractivity contribution in [2.45, 2.75) is 38.9 Å². The second-order valence-corrected chi connectivity index (χ2v) is 6.95. The molecule has 0 aliphatic heterocycles. The van der Waals surface area contributed by atoms with E-state index in [9.17, 15) is 14.0 Å². The molecule has 1 aromatic heterocycles. The fourth-order valence-electron chi connectivity index (χ4n) is 2.11. The summed E-state index contributed by atoms with van der Waals surface area (Å²) in [5.41, 5.74) is 0.196. The van der Waals surface area contributed by atoms with Crippen LogP contribution >= 0.6 is 11.6 Å². The number of benzene rings is 1. The summed E-state index contributed by atoms with van der Waals surface area (Å²) in [6.45, 7) is 4.55. The molecule has 0 aliphatic carbocycles. The molecule has 1 heterocycles. The Morgan fingerprint density at radius 2 is 1.96 bits per heavy atom. The Morgan fingerprint density at radius 3 is 2.62 bits per heavy atom. The summed E-state index contributed by atoms with van der Waals surface area (Å²) in [5, 5.41) is 5.81. The minimum Gasteiger partial charge on any atom is -0.343 e. The van der Waals surface area contributed by atoms with Crippen LogP contribution < -0.4 is 10.6 Å². The predicted molar refractivity (Wildman–Crippen MR) is 100 cm³/mol. The Labute approximate surface area is 157 Å². The fourth-order valence-corrected chi connectivity index (χ4v) is 2.31. The van der Waals surface area contributed by atoms with Gasteiger partial charge in [0.2, 0.25) is 5.91 Å². The first-order valence-corrected chi connectivity index (χ1v) is 8.53. The van der Waals surface area contributed by atoms with Crippen molar-refractivity contribution >= 4 is 29.1 Å². The van der Waals surface area contributed by atoms with Crippen LogP contribution in [0.4, 0.5) is 10.1 Å². The van der Waals surface area contributed by atoms with Crippen LogP contribution in [0.25, 0.3) is 0 Å². The maximum Gasteiger partial charge on any atom is 0.270 e. The summed E-state index contributed by atoms with van der Waals surface area (Å²) >= 11 is 6.05. The van der Waals surface area contributed by atoms with Gasteiger partial charge in [-0.25, -0.2) is 4.39 Å². The summed E-state index contributed by atoms with van der Waals surface area (Å²) in [4.78, 5) is 28.4. The summed E-state index contributed by atoms with van der Waals surface area (Å²) < 4.78 is 13.5. The number of nitrogens with zero attached hydrogens (tertiary/aromatic N) is 1. The zero-order valence-electron chi connectivity index (χ0n) is 14.8. The van der Waals surface area contributed by atoms with Crippen molar-refractivity contribution in [3.05, 3.63) is 58.9 Å². The second kappa shape index (κ2) is 8.27. The van der Waals surface area contributed by atoms with Gasteiger partial charge in [-0.1, -0.05) is 29.8 Å². The number of carbonyl (C=O) groups excluding carboxylic acids is 2. The first kappa shape index (κ1) is 19.8. The highest BCUT2D eigenvalue weighted by atomic mass is 35.5. The van der Waals surface area contributed by atoms with Gasteiger partial charge < -0.3 is 10.6 Å². The van der Waals surface area contributed by atoms with E-state index >= 15 is 0 Å². The molecule has 0 radical (unpaired) electrons. The van der Waals surface area contributed by atoms with Crippen LogP contribution in [0.2, 0.25) is 5.02 Å². The Bertz CT molecular complexity index is 809. The third-order valence-corrected chi connectivity index (χ3v) is 4.38. The molecule has 2 rings (SSSR count). The van der Waals surface area contributed by atoms with Crippen molar-refractivity contribution in [1.82, 2.24) is 10.3 Å². The molecule has 26 heavy (non-hydrogen) atoms. The van der Waals surface area contributed by atoms with Crippen molar-refractivity contribution < 1.29 is 14.0 Å². The maximum absolute atomic E-state index is 13.5. The van der Waals surface area contributed by atoms with Crippen LogP contribution in [-0.2, 0) is 11.2 Å². The molecule has 2 amide bonds. The molecule has 5 nitrogen and oxygen atoms in total. The SMILES string of the molecule is CC(F)C(C)(C)NC(=O)c1cc(NC(=O)Cc2ccccc2Cl)ccn1. The van der Waals surface area contributed by atoms with Gasteiger partial charge in [0.25, 0.3) is 5.91 Å². The molecule has 1 aromatic carbocycles. The number of amides is 2. The number of pyridine rings is 1. The van der Waals surface area contributed by atoms with E-state index in [1.807, 2.05) is 0 Å². The zero-order valence-corrected chi connectivity index (χ0v) is 15.6. The summed E-state index contributed by atoms with van der Waals surface area (Å²) in [5.74, 6) is -0.782. The van der Waals surface area contributed by atoms with E-state index in [0.717, 1.165) is 0 Å². The highest BCUT2D eigenvalue weighted by Gasteiger charge is 2.28. The van der Waals surface area contributed by atoms with E-state index in [2.05, 4.69) is 15.6 Å². The van der Waals surface area contributed by atoms with Crippen LogP contribution in [0, 0.1) is 0 Å². The van der Waals surface area contributed by atoms with E-state index in [0.29, 0.717) is 16.3 Å². The third-order valence-electron chi connectivity index (χ3n) is 4.02. The van der Waals surface area contributed by atoms with Crippen LogP contribution in [0.15, 0.2) is 42.6 Å². The summed E-state index contributed by atoms with van der Waals surface area (Å²) in [7, 11) is 0. The lowest BCUT2D eigenvalue weighted by atomic mass is 10.00. The van der Waals surface area contributed by atoms with Crippen LogP contribution in [0.1, 0.15) is 36.8 Å². The van der Waals surface area contributed by atoms with E-state index in [4.69, 9.17) is 11.6 Å². The highest BCUT2D eigenvalue weighted by Crippen LogP contribution is 2.17. The Hall–Kier alpha value is -2.47. The number of rotatable bonds is 6. The van der Waals surface area contributed by atoms with Gasteiger partial charge in [0.15, 0.2) is 0 Å². The normalized spacial score (nSPS) is 12.3. The monoisotopic (exact) mass is 377 g/mol. The minimum absolute atomic E-state index is 0.0919. The third kappa shape index (κ3) is 5.26. The smallest absolute Gasteiger partial charge is 0.270 e. The van der Waals surface area contributed by atoms with Crippen LogP contribution in [0.3, 0.4) is 0 Å². The molecule has 0 aliphatic rings. The molecular weight excluding hydrogens is 357 g/mol. The largest absolute Gasteiger partial charge is 0.343 e. The molecule has 0 fully saturated rings. The van der Waals surface area contributed by atoms with Gasteiger partial charge in [0.05, 0.1) is 12.0 Å². The molecule has 0 saturated carbocycles. The maximum atomic E-state index is 13.5. The molecule has 1 unspecified atom stereocenters. The highest BCUT2D eigenvalue weighted by molar-refractivity contribution is 6.31. The number of alkyl halides is 1. The number of halogens is 2. The Kier molecular flexibility index (Phi) is 6.32. The first-order chi connectivity index (χ1) is 12.2. The molecule has 0 spiro atoms. The Morgan fingerprint density at radius 1 is 1.27 bits per heavy atom. The Balaban J connectivity index is 2.06. The number of hydrogen-bond acceptors (Lipinski definition) is 3. The van der Waals surface area contributed by atoms with Gasteiger partial charge >= 0.3 is 0 Å². The van der Waals surface area contributed by atoms with Gasteiger partial charge in [-0.05, 0) is 44.5 Å². The minimum atomic E-state index is -1.23. The van der Waals surface area contributed by atoms with E-state index < -0.39 is 17.6 Å². The van der Waals surface area contributed by atoms with Gasteiger partial charge in [0.1, 0.15) is 11.9 Å². The predicted octanol–water partition coefficient (Wildman–Crippen LogP) is 3.78. The average molecular weight is 378 g/mol. The molecule has 138 valence electrons. The lowest BCUT2D eigenvalue weighted by molar-refractivity contribution is -0.115. The van der Waals surface area contributed by atoms with Crippen molar-refractivity contribution in [1.29, 1.82) is 0 Å². The topological polar surface area (TPSA) is 71.1 Å². The second-order valence-electron chi connectivity index (χ2n) is 6.54. The molecule has 1 atom stereocenters. The lowest BCUT2D eigenvalue weighted by Crippen LogP contribution is -2.49. The van der Waals surface area contributed by atoms with Gasteiger partial charge in [-0.2, -0.15) is 0 Å². The molecule has 2 N–H and O–H groups in total. The molecule has 0 saturated heterocycles. The van der Waals surface area contributed by atoms with Crippen molar-refractivity contribution in [3.63, 3.8) is 0 Å². The summed E-state index contributed by atoms with van der Waals surface area (Å²) in [6.07, 6.45) is 0.284. The number of aromatic nitrogens is 1. The van der Waals surface area contributed by atoms with Crippen LogP contribution in [-0.4, -0.2) is 28.5 Å². The van der Waals surface area contributed by atoms with Crippen molar-refractivity contribution in [2.24, 2.45) is 0 Å². The standard InChI is InChI=1S/C19H21ClFN3O2/c1-12(21)19(2,3)24-18(26)16-11-14(8-9-22-16)23-17(25)10-13-6-4-5-7-15(13)20/h4-9,11-12H,10H2,1-3H3,(H,24,26)(H,22,23,25). The average Bonchev–Trinajstić information content (AvgIpc) is 2.56. The molecular formula is C19H21ClFN3O2. The number of carbonyl (C=O) groups is 2. The summed E-state index contributed by atoms with van der Waals surface area (Å²) in [6, 6.07) is 10.1. The fraction of sp³-hybridized carbons (Fsp3) is 0.316. The molecule has 0 bridgehead atoms.